The number of hydrogen-bond acceptors (Lipinski definition) is 4. The number of nitrogens with two attached hydrogens (primary N) is 1. The molecule has 0 aliphatic heterocycles. The lowest BCUT2D eigenvalue weighted by Gasteiger charge is -1.88. The summed E-state index contributed by atoms with van der Waals surface area (Å²) in [6.07, 6.45) is 5.04. The predicted octanol–water partition coefficient (Wildman–Crippen LogP) is 1.96. The molecule has 0 unspecified atom stereocenters. The smallest absolute Gasteiger partial charge is 0.220 e. The molecule has 0 spiro atoms. The maximum Gasteiger partial charge on any atom is 0.220 e. The van der Waals surface area contributed by atoms with Gasteiger partial charge in [-0.3, -0.25) is 0 Å². The number of fused-ring (bicyclic) bond motifs is 1. The fourth-order valence-electron chi connectivity index (χ4n) is 1.46. The maximum absolute atomic E-state index is 5.55. The summed E-state index contributed by atoms with van der Waals surface area (Å²) in [5.74, 6) is 1.91. The molecule has 3 rings (SSSR count). The van der Waals surface area contributed by atoms with Crippen LogP contribution in [0.2, 0.25) is 0 Å². The Bertz CT molecular complexity index is 439. The molecule has 2 N–H and O–H groups in total. The van der Waals surface area contributed by atoms with Gasteiger partial charge in [0.25, 0.3) is 0 Å². The Labute approximate surface area is 74.7 Å². The third-order valence-corrected chi connectivity index (χ3v) is 2.38. The van der Waals surface area contributed by atoms with Gasteiger partial charge in [0, 0.05) is 6.42 Å². The first-order valence-corrected chi connectivity index (χ1v) is 4.45. The van der Waals surface area contributed by atoms with Gasteiger partial charge in [-0.1, -0.05) is 0 Å². The summed E-state index contributed by atoms with van der Waals surface area (Å²) in [5, 5.41) is 0. The van der Waals surface area contributed by atoms with Crippen molar-refractivity contribution in [1.82, 2.24) is 4.98 Å². The lowest BCUT2D eigenvalue weighted by atomic mass is 10.3. The Kier molecular flexibility index (Phi) is 1.23. The van der Waals surface area contributed by atoms with Crippen LogP contribution in [0.5, 0.6) is 0 Å². The minimum atomic E-state index is 0.348. The average molecular weight is 178 g/mol. The van der Waals surface area contributed by atoms with Crippen LogP contribution in [0.1, 0.15) is 18.7 Å². The number of nitrogens with zero attached hydrogens (tertiary/aromatic N) is 1. The molecule has 1 saturated carbocycles. The Morgan fingerprint density at radius 3 is 3.08 bits per heavy atom. The van der Waals surface area contributed by atoms with Crippen LogP contribution in [0.4, 0.5) is 5.88 Å². The molecule has 2 heterocycles. The van der Waals surface area contributed by atoms with Crippen LogP contribution in [0.15, 0.2) is 15.1 Å². The SMILES string of the molecule is Nc1occ2oc(CC3CC3)nc12. The lowest BCUT2D eigenvalue weighted by molar-refractivity contribution is 0.499. The molecule has 68 valence electrons. The van der Waals surface area contributed by atoms with Gasteiger partial charge >= 0.3 is 0 Å². The molecule has 4 heteroatoms. The third kappa shape index (κ3) is 1.09. The van der Waals surface area contributed by atoms with E-state index in [-0.39, 0.29) is 0 Å². The van der Waals surface area contributed by atoms with Gasteiger partial charge in [-0.15, -0.1) is 0 Å². The molecular weight excluding hydrogens is 168 g/mol. The molecule has 1 aliphatic rings. The first-order valence-electron chi connectivity index (χ1n) is 4.45. The Morgan fingerprint density at radius 1 is 1.54 bits per heavy atom. The van der Waals surface area contributed by atoms with E-state index in [1.807, 2.05) is 0 Å². The van der Waals surface area contributed by atoms with Crippen LogP contribution >= 0.6 is 0 Å². The molecular formula is C9H10N2O2. The highest BCUT2D eigenvalue weighted by molar-refractivity contribution is 5.81. The second kappa shape index (κ2) is 2.28. The summed E-state index contributed by atoms with van der Waals surface area (Å²) in [6, 6.07) is 0. The van der Waals surface area contributed by atoms with Gasteiger partial charge in [0.1, 0.15) is 6.26 Å². The number of furan rings is 1. The number of nitrogen functional groups attached to an aromatic ring is 1. The van der Waals surface area contributed by atoms with Crippen molar-refractivity contribution < 1.29 is 8.83 Å². The second-order valence-electron chi connectivity index (χ2n) is 3.57. The van der Waals surface area contributed by atoms with Gasteiger partial charge in [0.15, 0.2) is 17.0 Å². The zero-order valence-corrected chi connectivity index (χ0v) is 7.12. The van der Waals surface area contributed by atoms with Crippen molar-refractivity contribution in [2.45, 2.75) is 19.3 Å². The predicted molar refractivity (Wildman–Crippen MR) is 47.1 cm³/mol. The molecule has 1 aliphatic carbocycles. The van der Waals surface area contributed by atoms with Crippen molar-refractivity contribution in [3.8, 4) is 0 Å². The highest BCUT2D eigenvalue weighted by atomic mass is 16.4. The van der Waals surface area contributed by atoms with Crippen molar-refractivity contribution in [1.29, 1.82) is 0 Å². The Morgan fingerprint density at radius 2 is 2.38 bits per heavy atom. The van der Waals surface area contributed by atoms with E-state index < -0.39 is 0 Å². The Balaban J connectivity index is 2.00. The summed E-state index contributed by atoms with van der Waals surface area (Å²) in [7, 11) is 0. The molecule has 13 heavy (non-hydrogen) atoms. The zero-order valence-electron chi connectivity index (χ0n) is 7.12. The van der Waals surface area contributed by atoms with Crippen molar-refractivity contribution in [3.63, 3.8) is 0 Å². The minimum absolute atomic E-state index is 0.348. The van der Waals surface area contributed by atoms with Crippen molar-refractivity contribution in [2.24, 2.45) is 5.92 Å². The topological polar surface area (TPSA) is 65.2 Å². The lowest BCUT2D eigenvalue weighted by Crippen LogP contribution is -1.87. The fraction of sp³-hybridized carbons (Fsp3) is 0.444. The molecule has 0 bridgehead atoms. The van der Waals surface area contributed by atoms with Gasteiger partial charge in [-0.25, -0.2) is 4.98 Å². The molecule has 4 nitrogen and oxygen atoms in total. The number of anilines is 1. The van der Waals surface area contributed by atoms with E-state index in [1.54, 1.807) is 0 Å². The van der Waals surface area contributed by atoms with Crippen LogP contribution < -0.4 is 5.73 Å². The van der Waals surface area contributed by atoms with E-state index in [0.29, 0.717) is 17.0 Å². The number of aromatic nitrogens is 1. The van der Waals surface area contributed by atoms with E-state index >= 15 is 0 Å². The first-order chi connectivity index (χ1) is 6.33. The normalized spacial score (nSPS) is 16.9. The molecule has 1 fully saturated rings. The molecule has 2 aromatic rings. The molecule has 2 aromatic heterocycles. The summed E-state index contributed by atoms with van der Waals surface area (Å²) in [5.41, 5.74) is 6.87. The van der Waals surface area contributed by atoms with Gasteiger partial charge in [0.2, 0.25) is 5.88 Å². The average Bonchev–Trinajstić information content (AvgIpc) is 2.71. The summed E-state index contributed by atoms with van der Waals surface area (Å²) in [6.45, 7) is 0. The summed E-state index contributed by atoms with van der Waals surface area (Å²) in [4.78, 5) is 4.27. The largest absolute Gasteiger partial charge is 0.443 e. The van der Waals surface area contributed by atoms with Crippen molar-refractivity contribution >= 4 is 17.0 Å². The van der Waals surface area contributed by atoms with Crippen LogP contribution in [0, 0.1) is 5.92 Å². The van der Waals surface area contributed by atoms with Crippen molar-refractivity contribution in [3.05, 3.63) is 12.2 Å². The zero-order chi connectivity index (χ0) is 8.84. The molecule has 0 amide bonds. The van der Waals surface area contributed by atoms with Gasteiger partial charge in [-0.05, 0) is 18.8 Å². The monoisotopic (exact) mass is 178 g/mol. The van der Waals surface area contributed by atoms with E-state index in [2.05, 4.69) is 4.98 Å². The van der Waals surface area contributed by atoms with Crippen LogP contribution in [-0.4, -0.2) is 4.98 Å². The minimum Gasteiger partial charge on any atom is -0.443 e. The van der Waals surface area contributed by atoms with Crippen molar-refractivity contribution in [2.75, 3.05) is 5.73 Å². The fourth-order valence-corrected chi connectivity index (χ4v) is 1.46. The van der Waals surface area contributed by atoms with E-state index in [9.17, 15) is 0 Å². The van der Waals surface area contributed by atoms with Crippen LogP contribution in [-0.2, 0) is 6.42 Å². The second-order valence-corrected chi connectivity index (χ2v) is 3.57. The van der Waals surface area contributed by atoms with E-state index in [1.165, 1.54) is 19.1 Å². The molecule has 0 atom stereocenters. The Hall–Kier alpha value is -1.45. The number of oxazole rings is 1. The highest BCUT2D eigenvalue weighted by Gasteiger charge is 2.24. The van der Waals surface area contributed by atoms with E-state index in [4.69, 9.17) is 14.6 Å². The summed E-state index contributed by atoms with van der Waals surface area (Å²) < 4.78 is 10.4. The maximum atomic E-state index is 5.55. The van der Waals surface area contributed by atoms with Crippen LogP contribution in [0.3, 0.4) is 0 Å². The number of rotatable bonds is 2. The molecule has 0 saturated heterocycles. The first kappa shape index (κ1) is 7.00. The molecule has 0 aromatic carbocycles. The summed E-state index contributed by atoms with van der Waals surface area (Å²) >= 11 is 0. The third-order valence-electron chi connectivity index (χ3n) is 2.38. The molecule has 0 radical (unpaired) electrons. The van der Waals surface area contributed by atoms with E-state index in [0.717, 1.165) is 18.2 Å². The van der Waals surface area contributed by atoms with Crippen LogP contribution in [0.25, 0.3) is 11.1 Å². The quantitative estimate of drug-likeness (QED) is 0.763. The van der Waals surface area contributed by atoms with Gasteiger partial charge in [0.05, 0.1) is 0 Å². The van der Waals surface area contributed by atoms with Gasteiger partial charge in [-0.2, -0.15) is 0 Å². The standard InChI is InChI=1S/C9H10N2O2/c10-9-8-6(4-12-9)13-7(11-8)3-5-1-2-5/h4-5H,1-3,10H2. The highest BCUT2D eigenvalue weighted by Crippen LogP contribution is 2.33. The van der Waals surface area contributed by atoms with Gasteiger partial charge < -0.3 is 14.6 Å². The number of hydrogen-bond donors (Lipinski definition) is 1.